The summed E-state index contributed by atoms with van der Waals surface area (Å²) in [5.74, 6) is 0.547. The van der Waals surface area contributed by atoms with E-state index in [0.29, 0.717) is 17.1 Å². The standard InChI is InChI=1S/C17H18N2O4S/c1-10-7-13(24(2,21)22)5-6-14(10)16-15(9-20)17-19(18-16)11-3-4-12(8-11)23-17/h5-7,9,11-12H,3-4,8H2,1-2H3. The molecule has 2 aromatic rings. The van der Waals surface area contributed by atoms with Gasteiger partial charge in [0.25, 0.3) is 0 Å². The predicted molar refractivity (Wildman–Crippen MR) is 88.2 cm³/mol. The fourth-order valence-electron chi connectivity index (χ4n) is 3.64. The number of carbonyl (C=O) groups excluding carboxylic acids is 1. The molecule has 0 amide bonds. The third-order valence-electron chi connectivity index (χ3n) is 4.88. The molecule has 0 radical (unpaired) electrons. The molecule has 1 fully saturated rings. The third kappa shape index (κ3) is 2.26. The van der Waals surface area contributed by atoms with Crippen molar-refractivity contribution in [3.8, 4) is 17.1 Å². The van der Waals surface area contributed by atoms with E-state index in [1.54, 1.807) is 18.2 Å². The van der Waals surface area contributed by atoms with Crippen molar-refractivity contribution in [1.82, 2.24) is 9.78 Å². The first-order chi connectivity index (χ1) is 11.4. The number of fused-ring (bicyclic) bond motifs is 4. The summed E-state index contributed by atoms with van der Waals surface area (Å²) in [5, 5.41) is 4.63. The van der Waals surface area contributed by atoms with Crippen LogP contribution >= 0.6 is 0 Å². The molecular formula is C17H18N2O4S. The molecule has 24 heavy (non-hydrogen) atoms. The van der Waals surface area contributed by atoms with E-state index >= 15 is 0 Å². The Morgan fingerprint density at radius 3 is 2.79 bits per heavy atom. The molecule has 0 N–H and O–H groups in total. The van der Waals surface area contributed by atoms with Crippen molar-refractivity contribution in [3.63, 3.8) is 0 Å². The van der Waals surface area contributed by atoms with Crippen molar-refractivity contribution in [2.45, 2.75) is 43.2 Å². The van der Waals surface area contributed by atoms with Crippen LogP contribution in [-0.4, -0.2) is 36.8 Å². The number of aldehydes is 1. The number of benzene rings is 1. The van der Waals surface area contributed by atoms with Crippen LogP contribution in [0.4, 0.5) is 0 Å². The molecule has 2 unspecified atom stereocenters. The zero-order valence-corrected chi connectivity index (χ0v) is 14.3. The number of hydrogen-bond acceptors (Lipinski definition) is 5. The van der Waals surface area contributed by atoms with Gasteiger partial charge in [0.1, 0.15) is 17.4 Å². The molecule has 2 heterocycles. The van der Waals surface area contributed by atoms with Crippen molar-refractivity contribution < 1.29 is 17.9 Å². The second-order valence-electron chi connectivity index (χ2n) is 6.59. The van der Waals surface area contributed by atoms with Crippen LogP contribution in [0.2, 0.25) is 0 Å². The van der Waals surface area contributed by atoms with Crippen molar-refractivity contribution in [3.05, 3.63) is 29.3 Å². The molecule has 0 spiro atoms. The van der Waals surface area contributed by atoms with E-state index in [9.17, 15) is 13.2 Å². The van der Waals surface area contributed by atoms with Gasteiger partial charge < -0.3 is 4.74 Å². The Morgan fingerprint density at radius 1 is 1.33 bits per heavy atom. The van der Waals surface area contributed by atoms with Crippen molar-refractivity contribution >= 4 is 16.1 Å². The number of aryl methyl sites for hydroxylation is 1. The number of rotatable bonds is 3. The van der Waals surface area contributed by atoms with Gasteiger partial charge in [0, 0.05) is 18.2 Å². The molecule has 1 aliphatic carbocycles. The first-order valence-electron chi connectivity index (χ1n) is 7.94. The van der Waals surface area contributed by atoms with E-state index in [0.717, 1.165) is 36.7 Å². The summed E-state index contributed by atoms with van der Waals surface area (Å²) >= 11 is 0. The summed E-state index contributed by atoms with van der Waals surface area (Å²) in [5.41, 5.74) is 2.53. The summed E-state index contributed by atoms with van der Waals surface area (Å²) < 4.78 is 31.2. The average molecular weight is 346 g/mol. The Bertz CT molecular complexity index is 946. The highest BCUT2D eigenvalue weighted by Crippen LogP contribution is 2.44. The van der Waals surface area contributed by atoms with E-state index in [1.165, 1.54) is 6.26 Å². The van der Waals surface area contributed by atoms with Crippen LogP contribution in [0.15, 0.2) is 23.1 Å². The smallest absolute Gasteiger partial charge is 0.223 e. The van der Waals surface area contributed by atoms with Crippen molar-refractivity contribution in [2.75, 3.05) is 6.26 Å². The summed E-state index contributed by atoms with van der Waals surface area (Å²) in [6.45, 7) is 1.82. The molecule has 1 saturated carbocycles. The van der Waals surface area contributed by atoms with E-state index in [-0.39, 0.29) is 17.0 Å². The van der Waals surface area contributed by atoms with Gasteiger partial charge in [-0.05, 0) is 37.5 Å². The summed E-state index contributed by atoms with van der Waals surface area (Å²) in [7, 11) is -3.27. The quantitative estimate of drug-likeness (QED) is 0.798. The Labute approximate surface area is 140 Å². The Balaban J connectivity index is 1.86. The SMILES string of the molecule is Cc1cc(S(C)(=O)=O)ccc1-c1nn2c(c1C=O)OC1CCC2C1. The van der Waals surface area contributed by atoms with Gasteiger partial charge in [0.05, 0.1) is 10.9 Å². The highest BCUT2D eigenvalue weighted by atomic mass is 32.2. The van der Waals surface area contributed by atoms with Gasteiger partial charge in [-0.1, -0.05) is 6.07 Å². The predicted octanol–water partition coefficient (Wildman–Crippen LogP) is 2.56. The van der Waals surface area contributed by atoms with Gasteiger partial charge in [0.15, 0.2) is 16.1 Å². The average Bonchev–Trinajstić information content (AvgIpc) is 3.09. The van der Waals surface area contributed by atoms with Crippen molar-refractivity contribution in [1.29, 1.82) is 0 Å². The number of sulfone groups is 1. The Kier molecular flexibility index (Phi) is 3.32. The minimum atomic E-state index is -3.27. The molecule has 126 valence electrons. The third-order valence-corrected chi connectivity index (χ3v) is 5.99. The molecule has 2 atom stereocenters. The molecule has 0 saturated heterocycles. The molecule has 6 nitrogen and oxygen atoms in total. The van der Waals surface area contributed by atoms with E-state index in [2.05, 4.69) is 5.10 Å². The monoisotopic (exact) mass is 346 g/mol. The van der Waals surface area contributed by atoms with Gasteiger partial charge in [-0.2, -0.15) is 5.10 Å². The zero-order chi connectivity index (χ0) is 17.1. The van der Waals surface area contributed by atoms with Gasteiger partial charge in [-0.25, -0.2) is 13.1 Å². The number of hydrogen-bond donors (Lipinski definition) is 0. The largest absolute Gasteiger partial charge is 0.474 e. The molecule has 1 aromatic heterocycles. The minimum absolute atomic E-state index is 0.166. The number of aromatic nitrogens is 2. The summed E-state index contributed by atoms with van der Waals surface area (Å²) in [6.07, 6.45) is 5.05. The maximum absolute atomic E-state index is 11.7. The van der Waals surface area contributed by atoms with Gasteiger partial charge >= 0.3 is 0 Å². The van der Waals surface area contributed by atoms with Crippen LogP contribution in [0.25, 0.3) is 11.3 Å². The molecule has 1 aliphatic heterocycles. The Morgan fingerprint density at radius 2 is 2.12 bits per heavy atom. The summed E-state index contributed by atoms with van der Waals surface area (Å²) in [4.78, 5) is 11.9. The van der Waals surface area contributed by atoms with Crippen LogP contribution in [-0.2, 0) is 9.84 Å². The lowest BCUT2D eigenvalue weighted by Crippen LogP contribution is -2.22. The second-order valence-corrected chi connectivity index (χ2v) is 8.60. The Hall–Kier alpha value is -2.15. The van der Waals surface area contributed by atoms with Crippen LogP contribution in [0, 0.1) is 6.92 Å². The number of ether oxygens (including phenoxy) is 1. The van der Waals surface area contributed by atoms with E-state index in [4.69, 9.17) is 4.74 Å². The minimum Gasteiger partial charge on any atom is -0.474 e. The van der Waals surface area contributed by atoms with Gasteiger partial charge in [-0.15, -0.1) is 0 Å². The lowest BCUT2D eigenvalue weighted by atomic mass is 10.0. The maximum atomic E-state index is 11.7. The lowest BCUT2D eigenvalue weighted by molar-refractivity contribution is 0.110. The first-order valence-corrected chi connectivity index (χ1v) is 9.83. The number of nitrogens with zero attached hydrogens (tertiary/aromatic N) is 2. The number of carbonyl (C=O) groups is 1. The fraction of sp³-hybridized carbons (Fsp3) is 0.412. The highest BCUT2D eigenvalue weighted by molar-refractivity contribution is 7.90. The van der Waals surface area contributed by atoms with Gasteiger partial charge in [0.2, 0.25) is 5.88 Å². The molecule has 1 aromatic carbocycles. The normalized spacial score (nSPS) is 22.1. The lowest BCUT2D eigenvalue weighted by Gasteiger charge is -2.22. The maximum Gasteiger partial charge on any atom is 0.223 e. The molecule has 7 heteroatoms. The summed E-state index contributed by atoms with van der Waals surface area (Å²) in [6, 6.07) is 5.16. The molecule has 2 bridgehead atoms. The molecule has 4 rings (SSSR count). The van der Waals surface area contributed by atoms with Crippen LogP contribution in [0.1, 0.15) is 41.2 Å². The van der Waals surface area contributed by atoms with E-state index < -0.39 is 9.84 Å². The second kappa shape index (κ2) is 5.17. The van der Waals surface area contributed by atoms with Crippen LogP contribution in [0.3, 0.4) is 0 Å². The molecule has 2 aliphatic rings. The zero-order valence-electron chi connectivity index (χ0n) is 13.5. The van der Waals surface area contributed by atoms with Crippen molar-refractivity contribution in [2.24, 2.45) is 0 Å². The van der Waals surface area contributed by atoms with E-state index in [1.807, 2.05) is 11.6 Å². The first kappa shape index (κ1) is 15.4. The molecular weight excluding hydrogens is 328 g/mol. The topological polar surface area (TPSA) is 78.3 Å². The fourth-order valence-corrected chi connectivity index (χ4v) is 4.34. The van der Waals surface area contributed by atoms with Crippen LogP contribution in [0.5, 0.6) is 5.88 Å². The highest BCUT2D eigenvalue weighted by Gasteiger charge is 2.38. The van der Waals surface area contributed by atoms with Crippen LogP contribution < -0.4 is 4.74 Å². The van der Waals surface area contributed by atoms with Gasteiger partial charge in [-0.3, -0.25) is 4.79 Å².